The number of pyridine rings is 1. The minimum Gasteiger partial charge on any atom is -0.302 e. The highest BCUT2D eigenvalue weighted by atomic mass is 35.5. The van der Waals surface area contributed by atoms with Crippen LogP contribution in [0.25, 0.3) is 16.9 Å². The molecule has 0 saturated heterocycles. The van der Waals surface area contributed by atoms with Gasteiger partial charge in [0, 0.05) is 16.8 Å². The van der Waals surface area contributed by atoms with Crippen molar-refractivity contribution >= 4 is 17.2 Å². The number of aryl methyl sites for hydroxylation is 1. The summed E-state index contributed by atoms with van der Waals surface area (Å²) in [7, 11) is 0. The Morgan fingerprint density at radius 1 is 1.24 bits per heavy atom. The summed E-state index contributed by atoms with van der Waals surface area (Å²) in [5, 5.41) is 10.0. The van der Waals surface area contributed by atoms with Crippen LogP contribution < -0.4 is 0 Å². The number of hydrogen-bond donors (Lipinski definition) is 0. The second-order valence-electron chi connectivity index (χ2n) is 5.14. The van der Waals surface area contributed by atoms with E-state index >= 15 is 0 Å². The number of nitrogens with zero attached hydrogens (tertiary/aromatic N) is 3. The van der Waals surface area contributed by atoms with Gasteiger partial charge in [-0.25, -0.2) is 4.98 Å². The fourth-order valence-electron chi connectivity index (χ4n) is 2.46. The van der Waals surface area contributed by atoms with Crippen LogP contribution >= 0.6 is 11.6 Å². The summed E-state index contributed by atoms with van der Waals surface area (Å²) in [5.41, 5.74) is 4.72. The second kappa shape index (κ2) is 5.23. The van der Waals surface area contributed by atoms with Crippen LogP contribution in [0, 0.1) is 18.3 Å². The van der Waals surface area contributed by atoms with Crippen LogP contribution in [0.5, 0.6) is 0 Å². The highest BCUT2D eigenvalue weighted by Crippen LogP contribution is 2.30. The van der Waals surface area contributed by atoms with E-state index in [1.54, 1.807) is 0 Å². The van der Waals surface area contributed by atoms with Gasteiger partial charge in [-0.1, -0.05) is 23.7 Å². The highest BCUT2D eigenvalue weighted by Gasteiger charge is 2.19. The van der Waals surface area contributed by atoms with Gasteiger partial charge < -0.3 is 4.40 Å². The molecule has 0 N–H and O–H groups in total. The van der Waals surface area contributed by atoms with Crippen LogP contribution in [-0.4, -0.2) is 9.38 Å². The molecule has 1 unspecified atom stereocenters. The molecular formula is C17H14ClN3. The molecule has 0 bridgehead atoms. The van der Waals surface area contributed by atoms with Crippen molar-refractivity contribution in [2.45, 2.75) is 19.8 Å². The van der Waals surface area contributed by atoms with Crippen LogP contribution in [0.2, 0.25) is 5.02 Å². The lowest BCUT2D eigenvalue weighted by atomic mass is 10.0. The Morgan fingerprint density at radius 2 is 1.95 bits per heavy atom. The molecule has 21 heavy (non-hydrogen) atoms. The van der Waals surface area contributed by atoms with Crippen molar-refractivity contribution in [3.05, 3.63) is 58.9 Å². The maximum atomic E-state index is 9.32. The molecule has 0 radical (unpaired) electrons. The standard InChI is InChI=1S/C17H14ClN3/c1-11-7-8-21-15(9-11)20-16(17(21)12(2)10-19)13-3-5-14(18)6-4-13/h3-9,12H,1-2H3. The predicted molar refractivity (Wildman–Crippen MR) is 84.4 cm³/mol. The molecule has 104 valence electrons. The molecule has 0 fully saturated rings. The Kier molecular flexibility index (Phi) is 3.40. The van der Waals surface area contributed by atoms with Gasteiger partial charge in [-0.3, -0.25) is 0 Å². The van der Waals surface area contributed by atoms with Crippen molar-refractivity contribution in [1.29, 1.82) is 5.26 Å². The number of fused-ring (bicyclic) bond motifs is 1. The largest absolute Gasteiger partial charge is 0.302 e. The SMILES string of the molecule is Cc1ccn2c(C(C)C#N)c(-c3ccc(Cl)cc3)nc2c1. The molecule has 3 nitrogen and oxygen atoms in total. The Bertz CT molecular complexity index is 841. The molecule has 3 rings (SSSR count). The third-order valence-corrected chi connectivity index (χ3v) is 3.79. The zero-order chi connectivity index (χ0) is 15.0. The van der Waals surface area contributed by atoms with Crippen LogP contribution in [0.3, 0.4) is 0 Å². The number of aromatic nitrogens is 2. The predicted octanol–water partition coefficient (Wildman–Crippen LogP) is 4.59. The van der Waals surface area contributed by atoms with Gasteiger partial charge in [-0.05, 0) is 43.7 Å². The average molecular weight is 296 g/mol. The van der Waals surface area contributed by atoms with Crippen molar-refractivity contribution in [2.24, 2.45) is 0 Å². The lowest BCUT2D eigenvalue weighted by Gasteiger charge is -2.07. The Morgan fingerprint density at radius 3 is 2.62 bits per heavy atom. The third-order valence-electron chi connectivity index (χ3n) is 3.54. The van der Waals surface area contributed by atoms with E-state index < -0.39 is 0 Å². The smallest absolute Gasteiger partial charge is 0.137 e. The molecular weight excluding hydrogens is 282 g/mol. The van der Waals surface area contributed by atoms with Crippen molar-refractivity contribution in [2.75, 3.05) is 0 Å². The van der Waals surface area contributed by atoms with Crippen molar-refractivity contribution in [3.8, 4) is 17.3 Å². The first kappa shape index (κ1) is 13.7. The van der Waals surface area contributed by atoms with Gasteiger partial charge >= 0.3 is 0 Å². The van der Waals surface area contributed by atoms with Gasteiger partial charge in [0.15, 0.2) is 0 Å². The number of nitriles is 1. The zero-order valence-electron chi connectivity index (χ0n) is 11.8. The Labute approximate surface area is 128 Å². The summed E-state index contributed by atoms with van der Waals surface area (Å²) in [6.07, 6.45) is 1.97. The fraction of sp³-hybridized carbons (Fsp3) is 0.176. The summed E-state index contributed by atoms with van der Waals surface area (Å²) in [6.45, 7) is 3.92. The van der Waals surface area contributed by atoms with Gasteiger partial charge in [-0.15, -0.1) is 0 Å². The van der Waals surface area contributed by atoms with Gasteiger partial charge in [0.05, 0.1) is 23.4 Å². The van der Waals surface area contributed by atoms with Crippen LogP contribution in [0.15, 0.2) is 42.6 Å². The molecule has 2 aromatic heterocycles. The van der Waals surface area contributed by atoms with Crippen LogP contribution in [-0.2, 0) is 0 Å². The van der Waals surface area contributed by atoms with Crippen LogP contribution in [0.4, 0.5) is 0 Å². The minimum absolute atomic E-state index is 0.242. The van der Waals surface area contributed by atoms with Crippen LogP contribution in [0.1, 0.15) is 24.1 Å². The maximum Gasteiger partial charge on any atom is 0.137 e. The Hall–Kier alpha value is -2.31. The quantitative estimate of drug-likeness (QED) is 0.694. The number of rotatable bonds is 2. The summed E-state index contributed by atoms with van der Waals surface area (Å²) in [5.74, 6) is -0.242. The molecule has 2 heterocycles. The van der Waals surface area contributed by atoms with E-state index in [0.29, 0.717) is 5.02 Å². The number of imidazole rings is 1. The van der Waals surface area contributed by atoms with Gasteiger partial charge in [0.25, 0.3) is 0 Å². The van der Waals surface area contributed by atoms with E-state index in [1.807, 2.05) is 60.8 Å². The first-order valence-electron chi connectivity index (χ1n) is 6.74. The topological polar surface area (TPSA) is 41.1 Å². The summed E-state index contributed by atoms with van der Waals surface area (Å²) < 4.78 is 1.99. The molecule has 1 atom stereocenters. The first-order valence-corrected chi connectivity index (χ1v) is 7.12. The number of hydrogen-bond acceptors (Lipinski definition) is 2. The van der Waals surface area contributed by atoms with E-state index in [2.05, 4.69) is 6.07 Å². The molecule has 0 amide bonds. The maximum absolute atomic E-state index is 9.32. The second-order valence-corrected chi connectivity index (χ2v) is 5.57. The summed E-state index contributed by atoms with van der Waals surface area (Å²) in [4.78, 5) is 4.71. The van der Waals surface area contributed by atoms with Crippen molar-refractivity contribution in [1.82, 2.24) is 9.38 Å². The zero-order valence-corrected chi connectivity index (χ0v) is 12.6. The minimum atomic E-state index is -0.242. The van der Waals surface area contributed by atoms with E-state index in [1.165, 1.54) is 0 Å². The number of halogens is 1. The summed E-state index contributed by atoms with van der Waals surface area (Å²) >= 11 is 5.95. The average Bonchev–Trinajstić information content (AvgIpc) is 2.85. The van der Waals surface area contributed by atoms with E-state index in [4.69, 9.17) is 16.6 Å². The molecule has 0 saturated carbocycles. The van der Waals surface area contributed by atoms with Gasteiger partial charge in [0.2, 0.25) is 0 Å². The summed E-state index contributed by atoms with van der Waals surface area (Å²) in [6, 6.07) is 13.9. The van der Waals surface area contributed by atoms with Gasteiger partial charge in [0.1, 0.15) is 5.65 Å². The molecule has 3 aromatic rings. The molecule has 0 aliphatic carbocycles. The van der Waals surface area contributed by atoms with Crippen molar-refractivity contribution in [3.63, 3.8) is 0 Å². The van der Waals surface area contributed by atoms with Gasteiger partial charge in [-0.2, -0.15) is 5.26 Å². The highest BCUT2D eigenvalue weighted by molar-refractivity contribution is 6.30. The monoisotopic (exact) mass is 295 g/mol. The molecule has 0 aliphatic rings. The van der Waals surface area contributed by atoms with E-state index in [0.717, 1.165) is 28.2 Å². The first-order chi connectivity index (χ1) is 10.1. The molecule has 0 spiro atoms. The van der Waals surface area contributed by atoms with Crippen molar-refractivity contribution < 1.29 is 0 Å². The third kappa shape index (κ3) is 2.39. The lowest BCUT2D eigenvalue weighted by Crippen LogP contribution is -1.98. The number of benzene rings is 1. The lowest BCUT2D eigenvalue weighted by molar-refractivity contribution is 0.899. The fourth-order valence-corrected chi connectivity index (χ4v) is 2.59. The Balaban J connectivity index is 2.30. The molecule has 1 aromatic carbocycles. The van der Waals surface area contributed by atoms with E-state index in [9.17, 15) is 5.26 Å². The van der Waals surface area contributed by atoms with E-state index in [-0.39, 0.29) is 5.92 Å². The molecule has 4 heteroatoms. The molecule has 0 aliphatic heterocycles. The normalized spacial score (nSPS) is 12.3.